The summed E-state index contributed by atoms with van der Waals surface area (Å²) >= 11 is 1.68. The zero-order valence-electron chi connectivity index (χ0n) is 13.9. The van der Waals surface area contributed by atoms with E-state index in [4.69, 9.17) is 4.74 Å². The molecule has 4 rings (SSSR count). The minimum atomic E-state index is -0.287. The highest BCUT2D eigenvalue weighted by molar-refractivity contribution is 7.99. The second-order valence-corrected chi connectivity index (χ2v) is 7.19. The lowest BCUT2D eigenvalue weighted by atomic mass is 9.88. The van der Waals surface area contributed by atoms with E-state index < -0.39 is 0 Å². The summed E-state index contributed by atoms with van der Waals surface area (Å²) in [5.41, 5.74) is 2.59. The number of hydrogen-bond donors (Lipinski definition) is 0. The highest BCUT2D eigenvalue weighted by Gasteiger charge is 2.43. The fourth-order valence-electron chi connectivity index (χ4n) is 3.44. The standard InChI is InChI=1S/C19H17FN2O2S/c1-11(23)22-19(12-3-6-14(24-2)7-4-12)16-10-25-17-8-5-13(20)9-15(17)18(16)21-22/h3-9,16,19H,10H2,1-2H3/t16-,19-/m0/s1. The molecule has 0 saturated carbocycles. The Hall–Kier alpha value is -2.34. The highest BCUT2D eigenvalue weighted by atomic mass is 32.2. The summed E-state index contributed by atoms with van der Waals surface area (Å²) in [6.07, 6.45) is 0. The fourth-order valence-corrected chi connectivity index (χ4v) is 4.63. The molecule has 0 radical (unpaired) electrons. The molecule has 128 valence electrons. The number of methoxy groups -OCH3 is 1. The van der Waals surface area contributed by atoms with E-state index in [-0.39, 0.29) is 23.7 Å². The maximum absolute atomic E-state index is 13.8. The van der Waals surface area contributed by atoms with E-state index in [1.54, 1.807) is 24.9 Å². The van der Waals surface area contributed by atoms with E-state index in [1.807, 2.05) is 24.3 Å². The Balaban J connectivity index is 1.78. The van der Waals surface area contributed by atoms with Crippen LogP contribution in [0, 0.1) is 11.7 Å². The molecule has 0 unspecified atom stereocenters. The summed E-state index contributed by atoms with van der Waals surface area (Å²) in [5.74, 6) is 1.20. The normalized spacial score (nSPS) is 21.4. The van der Waals surface area contributed by atoms with Crippen LogP contribution in [0.3, 0.4) is 0 Å². The number of carbonyl (C=O) groups excluding carboxylic acids is 1. The van der Waals surface area contributed by atoms with Gasteiger partial charge in [0.2, 0.25) is 5.91 Å². The molecule has 2 aromatic carbocycles. The molecule has 2 aliphatic rings. The third-order valence-corrected chi connectivity index (χ3v) is 5.82. The lowest BCUT2D eigenvalue weighted by Crippen LogP contribution is -2.31. The number of amides is 1. The van der Waals surface area contributed by atoms with Gasteiger partial charge in [0.25, 0.3) is 0 Å². The summed E-state index contributed by atoms with van der Waals surface area (Å²) in [7, 11) is 1.62. The predicted octanol–water partition coefficient (Wildman–Crippen LogP) is 3.86. The van der Waals surface area contributed by atoms with Gasteiger partial charge in [-0.25, -0.2) is 9.40 Å². The summed E-state index contributed by atoms with van der Waals surface area (Å²) < 4.78 is 19.0. The molecule has 0 bridgehead atoms. The quantitative estimate of drug-likeness (QED) is 0.820. The van der Waals surface area contributed by atoms with Gasteiger partial charge in [0.05, 0.1) is 18.9 Å². The van der Waals surface area contributed by atoms with E-state index in [9.17, 15) is 9.18 Å². The molecule has 2 aliphatic heterocycles. The second kappa shape index (κ2) is 6.19. The Kier molecular flexibility index (Phi) is 4.00. The van der Waals surface area contributed by atoms with Crippen LogP contribution in [0.2, 0.25) is 0 Å². The maximum Gasteiger partial charge on any atom is 0.240 e. The van der Waals surface area contributed by atoms with Crippen molar-refractivity contribution >= 4 is 23.4 Å². The van der Waals surface area contributed by atoms with Gasteiger partial charge >= 0.3 is 0 Å². The molecule has 0 spiro atoms. The van der Waals surface area contributed by atoms with Crippen molar-refractivity contribution in [1.29, 1.82) is 0 Å². The van der Waals surface area contributed by atoms with E-state index in [2.05, 4.69) is 5.10 Å². The first-order valence-corrected chi connectivity index (χ1v) is 9.02. The fraction of sp³-hybridized carbons (Fsp3) is 0.263. The topological polar surface area (TPSA) is 41.9 Å². The maximum atomic E-state index is 13.8. The van der Waals surface area contributed by atoms with E-state index in [0.717, 1.165) is 33.2 Å². The zero-order valence-corrected chi connectivity index (χ0v) is 14.7. The van der Waals surface area contributed by atoms with E-state index in [1.165, 1.54) is 24.1 Å². The molecule has 6 heteroatoms. The third kappa shape index (κ3) is 2.70. The van der Waals surface area contributed by atoms with Crippen molar-refractivity contribution in [1.82, 2.24) is 5.01 Å². The molecule has 25 heavy (non-hydrogen) atoms. The highest BCUT2D eigenvalue weighted by Crippen LogP contribution is 2.45. The van der Waals surface area contributed by atoms with Gasteiger partial charge in [0.1, 0.15) is 11.6 Å². The average Bonchev–Trinajstić information content (AvgIpc) is 3.02. The van der Waals surface area contributed by atoms with Crippen LogP contribution < -0.4 is 4.74 Å². The van der Waals surface area contributed by atoms with Crippen LogP contribution in [0.25, 0.3) is 0 Å². The Morgan fingerprint density at radius 2 is 2.04 bits per heavy atom. The van der Waals surface area contributed by atoms with Gasteiger partial charge < -0.3 is 4.74 Å². The minimum absolute atomic E-state index is 0.0385. The van der Waals surface area contributed by atoms with Crippen molar-refractivity contribution in [3.8, 4) is 5.75 Å². The van der Waals surface area contributed by atoms with Crippen LogP contribution >= 0.6 is 11.8 Å². The molecule has 2 aromatic rings. The Morgan fingerprint density at radius 3 is 2.72 bits per heavy atom. The minimum Gasteiger partial charge on any atom is -0.497 e. The van der Waals surface area contributed by atoms with Gasteiger partial charge in [-0.05, 0) is 35.9 Å². The molecule has 0 fully saturated rings. The van der Waals surface area contributed by atoms with Gasteiger partial charge in [0.15, 0.2) is 0 Å². The number of thioether (sulfide) groups is 1. The van der Waals surface area contributed by atoms with Crippen molar-refractivity contribution in [2.75, 3.05) is 12.9 Å². The van der Waals surface area contributed by atoms with Crippen molar-refractivity contribution < 1.29 is 13.9 Å². The second-order valence-electron chi connectivity index (χ2n) is 6.12. The number of rotatable bonds is 2. The van der Waals surface area contributed by atoms with Gasteiger partial charge in [-0.1, -0.05) is 12.1 Å². The summed E-state index contributed by atoms with van der Waals surface area (Å²) in [6.45, 7) is 1.51. The van der Waals surface area contributed by atoms with Crippen LogP contribution in [0.1, 0.15) is 24.1 Å². The van der Waals surface area contributed by atoms with Gasteiger partial charge in [-0.3, -0.25) is 4.79 Å². The van der Waals surface area contributed by atoms with E-state index >= 15 is 0 Å². The molecule has 2 atom stereocenters. The first kappa shape index (κ1) is 16.1. The first-order valence-electron chi connectivity index (χ1n) is 8.03. The molecule has 2 heterocycles. The number of hydrogen-bond acceptors (Lipinski definition) is 4. The smallest absolute Gasteiger partial charge is 0.240 e. The molecule has 1 amide bonds. The lowest BCUT2D eigenvalue weighted by molar-refractivity contribution is -0.131. The van der Waals surface area contributed by atoms with Crippen LogP contribution in [0.15, 0.2) is 52.5 Å². The number of hydrazone groups is 1. The summed E-state index contributed by atoms with van der Waals surface area (Å²) in [4.78, 5) is 13.2. The van der Waals surface area contributed by atoms with Gasteiger partial charge in [-0.15, -0.1) is 11.8 Å². The van der Waals surface area contributed by atoms with Crippen LogP contribution in [0.4, 0.5) is 4.39 Å². The Bertz CT molecular complexity index is 866. The summed E-state index contributed by atoms with van der Waals surface area (Å²) in [5, 5.41) is 6.11. The number of carbonyl (C=O) groups is 1. The molecule has 0 N–H and O–H groups in total. The van der Waals surface area contributed by atoms with Crippen LogP contribution in [-0.4, -0.2) is 29.5 Å². The predicted molar refractivity (Wildman–Crippen MR) is 95.4 cm³/mol. The van der Waals surface area contributed by atoms with Crippen LogP contribution in [0.5, 0.6) is 5.75 Å². The molecular weight excluding hydrogens is 339 g/mol. The van der Waals surface area contributed by atoms with Crippen molar-refractivity contribution in [3.63, 3.8) is 0 Å². The molecular formula is C19H17FN2O2S. The number of halogens is 1. The first-order chi connectivity index (χ1) is 12.1. The number of fused-ring (bicyclic) bond motifs is 3. The number of benzene rings is 2. The molecule has 0 saturated heterocycles. The molecule has 0 aromatic heterocycles. The largest absolute Gasteiger partial charge is 0.497 e. The zero-order chi connectivity index (χ0) is 17.6. The SMILES string of the molecule is COc1ccc([C@H]2[C@H]3CSc4ccc(F)cc4C3=NN2C(C)=O)cc1. The lowest BCUT2D eigenvalue weighted by Gasteiger charge is -2.29. The number of nitrogens with zero attached hydrogens (tertiary/aromatic N) is 2. The monoisotopic (exact) mass is 356 g/mol. The Morgan fingerprint density at radius 1 is 1.28 bits per heavy atom. The van der Waals surface area contributed by atoms with Gasteiger partial charge in [-0.2, -0.15) is 5.10 Å². The van der Waals surface area contributed by atoms with Crippen molar-refractivity contribution in [2.24, 2.45) is 11.0 Å². The number of ether oxygens (including phenoxy) is 1. The van der Waals surface area contributed by atoms with Crippen molar-refractivity contribution in [3.05, 3.63) is 59.4 Å². The van der Waals surface area contributed by atoms with Crippen molar-refractivity contribution in [2.45, 2.75) is 17.9 Å². The molecule has 4 nitrogen and oxygen atoms in total. The summed E-state index contributed by atoms with van der Waals surface area (Å²) in [6, 6.07) is 12.3. The molecule has 0 aliphatic carbocycles. The third-order valence-electron chi connectivity index (χ3n) is 4.63. The Labute approximate surface area is 149 Å². The average molecular weight is 356 g/mol. The van der Waals surface area contributed by atoms with Gasteiger partial charge in [0, 0.05) is 29.1 Å². The van der Waals surface area contributed by atoms with E-state index in [0.29, 0.717) is 0 Å². The van der Waals surface area contributed by atoms with Crippen LogP contribution in [-0.2, 0) is 4.79 Å².